The average molecular weight is 234 g/mol. The standard InChI is InChI=1S/C10H19N3O.ClH/c1-8(2)5-10(14)7-11-6-9-3-4-12-13-9;/h3-4,8,10-11,14H,5-7H2,1-2H3,(H,12,13);1H. The Hall–Kier alpha value is -0.580. The van der Waals surface area contributed by atoms with Crippen LogP contribution < -0.4 is 5.32 Å². The van der Waals surface area contributed by atoms with Crippen LogP contribution in [-0.4, -0.2) is 28.0 Å². The highest BCUT2D eigenvalue weighted by Crippen LogP contribution is 2.03. The second-order valence-corrected chi connectivity index (χ2v) is 4.00. The van der Waals surface area contributed by atoms with E-state index in [0.717, 1.165) is 18.7 Å². The summed E-state index contributed by atoms with van der Waals surface area (Å²) in [7, 11) is 0. The molecular weight excluding hydrogens is 214 g/mol. The summed E-state index contributed by atoms with van der Waals surface area (Å²) in [6.07, 6.45) is 2.32. The van der Waals surface area contributed by atoms with Gasteiger partial charge in [-0.15, -0.1) is 12.4 Å². The molecule has 0 saturated carbocycles. The molecule has 1 rings (SSSR count). The molecule has 5 heteroatoms. The first-order chi connectivity index (χ1) is 6.68. The molecule has 0 aliphatic rings. The molecule has 1 aromatic rings. The topological polar surface area (TPSA) is 60.9 Å². The molecule has 0 saturated heterocycles. The monoisotopic (exact) mass is 233 g/mol. The van der Waals surface area contributed by atoms with Crippen LogP contribution in [0.2, 0.25) is 0 Å². The minimum absolute atomic E-state index is 0. The molecule has 15 heavy (non-hydrogen) atoms. The van der Waals surface area contributed by atoms with E-state index in [1.54, 1.807) is 6.20 Å². The Morgan fingerprint density at radius 3 is 2.80 bits per heavy atom. The summed E-state index contributed by atoms with van der Waals surface area (Å²) in [5, 5.41) is 19.4. The Morgan fingerprint density at radius 1 is 1.53 bits per heavy atom. The van der Waals surface area contributed by atoms with E-state index >= 15 is 0 Å². The van der Waals surface area contributed by atoms with Crippen LogP contribution in [0, 0.1) is 5.92 Å². The first-order valence-corrected chi connectivity index (χ1v) is 5.05. The molecule has 0 radical (unpaired) electrons. The Labute approximate surface area is 96.9 Å². The van der Waals surface area contributed by atoms with E-state index in [0.29, 0.717) is 12.5 Å². The molecule has 0 aliphatic heterocycles. The Kier molecular flexibility index (Phi) is 7.38. The normalized spacial score (nSPS) is 12.5. The van der Waals surface area contributed by atoms with Crippen LogP contribution in [0.15, 0.2) is 12.3 Å². The zero-order valence-corrected chi connectivity index (χ0v) is 10.0. The van der Waals surface area contributed by atoms with Crippen molar-refractivity contribution < 1.29 is 5.11 Å². The summed E-state index contributed by atoms with van der Waals surface area (Å²) in [6.45, 7) is 5.59. The minimum atomic E-state index is -0.252. The highest BCUT2D eigenvalue weighted by molar-refractivity contribution is 5.85. The summed E-state index contributed by atoms with van der Waals surface area (Å²) in [5.74, 6) is 0.541. The maximum atomic E-state index is 9.56. The number of aliphatic hydroxyl groups is 1. The molecular formula is C10H20ClN3O. The minimum Gasteiger partial charge on any atom is -0.392 e. The summed E-state index contributed by atoms with van der Waals surface area (Å²) < 4.78 is 0. The fourth-order valence-electron chi connectivity index (χ4n) is 1.38. The molecule has 0 spiro atoms. The van der Waals surface area contributed by atoms with Gasteiger partial charge in [-0.3, -0.25) is 5.10 Å². The van der Waals surface area contributed by atoms with Crippen LogP contribution in [-0.2, 0) is 6.54 Å². The number of H-pyrrole nitrogens is 1. The molecule has 1 atom stereocenters. The van der Waals surface area contributed by atoms with Gasteiger partial charge in [0, 0.05) is 25.0 Å². The summed E-state index contributed by atoms with van der Waals surface area (Å²) in [4.78, 5) is 0. The molecule has 3 N–H and O–H groups in total. The fourth-order valence-corrected chi connectivity index (χ4v) is 1.38. The summed E-state index contributed by atoms with van der Waals surface area (Å²) in [5.41, 5.74) is 1.04. The van der Waals surface area contributed by atoms with Gasteiger partial charge in [0.15, 0.2) is 0 Å². The van der Waals surface area contributed by atoms with Gasteiger partial charge in [-0.1, -0.05) is 13.8 Å². The lowest BCUT2D eigenvalue weighted by molar-refractivity contribution is 0.146. The lowest BCUT2D eigenvalue weighted by Crippen LogP contribution is -2.27. The van der Waals surface area contributed by atoms with Gasteiger partial charge in [-0.25, -0.2) is 0 Å². The third kappa shape index (κ3) is 6.49. The lowest BCUT2D eigenvalue weighted by atomic mass is 10.1. The van der Waals surface area contributed by atoms with E-state index in [2.05, 4.69) is 29.4 Å². The molecule has 0 amide bonds. The number of aromatic nitrogens is 2. The number of nitrogens with zero attached hydrogens (tertiary/aromatic N) is 1. The van der Waals surface area contributed by atoms with E-state index in [1.165, 1.54) is 0 Å². The van der Waals surface area contributed by atoms with Crippen molar-refractivity contribution in [3.8, 4) is 0 Å². The maximum absolute atomic E-state index is 9.56. The molecule has 1 unspecified atom stereocenters. The first-order valence-electron chi connectivity index (χ1n) is 5.05. The van der Waals surface area contributed by atoms with Crippen molar-refractivity contribution in [2.45, 2.75) is 32.9 Å². The number of nitrogens with one attached hydrogen (secondary N) is 2. The SMILES string of the molecule is CC(C)CC(O)CNCc1ccn[nH]1.Cl. The van der Waals surface area contributed by atoms with Crippen molar-refractivity contribution in [1.82, 2.24) is 15.5 Å². The van der Waals surface area contributed by atoms with Gasteiger partial charge in [0.25, 0.3) is 0 Å². The van der Waals surface area contributed by atoms with Crippen molar-refractivity contribution in [1.29, 1.82) is 0 Å². The largest absolute Gasteiger partial charge is 0.392 e. The fraction of sp³-hybridized carbons (Fsp3) is 0.700. The van der Waals surface area contributed by atoms with Crippen LogP contribution in [0.1, 0.15) is 26.0 Å². The van der Waals surface area contributed by atoms with Crippen molar-refractivity contribution in [2.24, 2.45) is 5.92 Å². The van der Waals surface area contributed by atoms with Crippen molar-refractivity contribution in [3.05, 3.63) is 18.0 Å². The van der Waals surface area contributed by atoms with Crippen molar-refractivity contribution in [3.63, 3.8) is 0 Å². The third-order valence-electron chi connectivity index (χ3n) is 2.00. The quantitative estimate of drug-likeness (QED) is 0.695. The second-order valence-electron chi connectivity index (χ2n) is 4.00. The number of rotatable bonds is 6. The van der Waals surface area contributed by atoms with Crippen molar-refractivity contribution in [2.75, 3.05) is 6.54 Å². The second kappa shape index (κ2) is 7.68. The number of hydrogen-bond acceptors (Lipinski definition) is 3. The van der Waals surface area contributed by atoms with E-state index < -0.39 is 0 Å². The Balaban J connectivity index is 0.00000196. The number of halogens is 1. The molecule has 1 aromatic heterocycles. The van der Waals surface area contributed by atoms with Gasteiger partial charge in [0.05, 0.1) is 6.10 Å². The van der Waals surface area contributed by atoms with E-state index in [9.17, 15) is 5.11 Å². The molecule has 1 heterocycles. The van der Waals surface area contributed by atoms with Crippen LogP contribution in [0.4, 0.5) is 0 Å². The zero-order valence-electron chi connectivity index (χ0n) is 9.23. The summed E-state index contributed by atoms with van der Waals surface area (Å²) in [6, 6.07) is 1.92. The van der Waals surface area contributed by atoms with Gasteiger partial charge < -0.3 is 10.4 Å². The van der Waals surface area contributed by atoms with Crippen LogP contribution >= 0.6 is 12.4 Å². The molecule has 0 bridgehead atoms. The molecule has 0 aromatic carbocycles. The van der Waals surface area contributed by atoms with E-state index in [4.69, 9.17) is 0 Å². The predicted octanol–water partition coefficient (Wildman–Crippen LogP) is 1.33. The third-order valence-corrected chi connectivity index (χ3v) is 2.00. The highest BCUT2D eigenvalue weighted by Gasteiger charge is 2.05. The van der Waals surface area contributed by atoms with E-state index in [-0.39, 0.29) is 18.5 Å². The molecule has 0 fully saturated rings. The first kappa shape index (κ1) is 14.4. The zero-order chi connectivity index (χ0) is 10.4. The van der Waals surface area contributed by atoms with Crippen molar-refractivity contribution >= 4 is 12.4 Å². The number of aliphatic hydroxyl groups excluding tert-OH is 1. The van der Waals surface area contributed by atoms with Gasteiger partial charge in [0.2, 0.25) is 0 Å². The average Bonchev–Trinajstić information content (AvgIpc) is 2.55. The predicted molar refractivity (Wildman–Crippen MR) is 63.0 cm³/mol. The van der Waals surface area contributed by atoms with Gasteiger partial charge >= 0.3 is 0 Å². The van der Waals surface area contributed by atoms with Crippen LogP contribution in [0.25, 0.3) is 0 Å². The highest BCUT2D eigenvalue weighted by atomic mass is 35.5. The van der Waals surface area contributed by atoms with Gasteiger partial charge in [-0.2, -0.15) is 5.10 Å². The molecule has 0 aliphatic carbocycles. The summed E-state index contributed by atoms with van der Waals surface area (Å²) >= 11 is 0. The van der Waals surface area contributed by atoms with Gasteiger partial charge in [-0.05, 0) is 18.4 Å². The number of aromatic amines is 1. The Bertz CT molecular complexity index is 239. The molecule has 88 valence electrons. The molecule has 4 nitrogen and oxygen atoms in total. The van der Waals surface area contributed by atoms with Crippen LogP contribution in [0.3, 0.4) is 0 Å². The lowest BCUT2D eigenvalue weighted by Gasteiger charge is -2.13. The van der Waals surface area contributed by atoms with E-state index in [1.807, 2.05) is 6.07 Å². The number of hydrogen-bond donors (Lipinski definition) is 3. The maximum Gasteiger partial charge on any atom is 0.0667 e. The Morgan fingerprint density at radius 2 is 2.27 bits per heavy atom. The van der Waals surface area contributed by atoms with Crippen LogP contribution in [0.5, 0.6) is 0 Å². The van der Waals surface area contributed by atoms with Gasteiger partial charge in [0.1, 0.15) is 0 Å². The smallest absolute Gasteiger partial charge is 0.0667 e.